The van der Waals surface area contributed by atoms with Crippen molar-refractivity contribution in [1.29, 1.82) is 5.26 Å². The number of ether oxygens (including phenoxy) is 1. The number of esters is 1. The molecule has 1 aliphatic carbocycles. The maximum absolute atomic E-state index is 14.8. The summed E-state index contributed by atoms with van der Waals surface area (Å²) in [6, 6.07) is 27.5. The van der Waals surface area contributed by atoms with Crippen molar-refractivity contribution in [2.45, 2.75) is 30.8 Å². The van der Waals surface area contributed by atoms with Crippen molar-refractivity contribution in [1.82, 2.24) is 0 Å². The fourth-order valence-electron chi connectivity index (χ4n) is 6.53. The van der Waals surface area contributed by atoms with Crippen LogP contribution in [0.15, 0.2) is 99.9 Å². The highest BCUT2D eigenvalue weighted by atomic mass is 79.9. The number of rotatable bonds is 7. The van der Waals surface area contributed by atoms with Crippen LogP contribution in [0.2, 0.25) is 15.1 Å². The molecule has 0 bridgehead atoms. The average molecular weight is 791 g/mol. The van der Waals surface area contributed by atoms with Crippen LogP contribution >= 0.6 is 66.7 Å². The summed E-state index contributed by atoms with van der Waals surface area (Å²) in [5.74, 6) is -4.84. The summed E-state index contributed by atoms with van der Waals surface area (Å²) in [6.07, 6.45) is -0.209. The van der Waals surface area contributed by atoms with Crippen LogP contribution in [0.25, 0.3) is 0 Å². The van der Waals surface area contributed by atoms with Crippen molar-refractivity contribution in [3.8, 4) is 6.07 Å². The average Bonchev–Trinajstić information content (AvgIpc) is 3.01. The van der Waals surface area contributed by atoms with Crippen molar-refractivity contribution in [3.63, 3.8) is 0 Å². The Labute approximate surface area is 293 Å². The van der Waals surface area contributed by atoms with Crippen LogP contribution in [0.3, 0.4) is 0 Å². The van der Waals surface area contributed by atoms with E-state index in [1.165, 1.54) is 6.07 Å². The van der Waals surface area contributed by atoms with E-state index in [-0.39, 0.29) is 18.1 Å². The number of halogens is 5. The zero-order valence-electron chi connectivity index (χ0n) is 23.8. The first kappa shape index (κ1) is 33.7. The molecule has 5 rings (SSSR count). The smallest absolute Gasteiger partial charge is 0.327 e. The van der Waals surface area contributed by atoms with Gasteiger partial charge >= 0.3 is 5.97 Å². The van der Waals surface area contributed by atoms with Crippen LogP contribution in [-0.4, -0.2) is 23.5 Å². The summed E-state index contributed by atoms with van der Waals surface area (Å²) in [4.78, 5) is 29.2. The molecule has 1 saturated carbocycles. The molecule has 0 unspecified atom stereocenters. The Kier molecular flexibility index (Phi) is 10.2. The predicted octanol–water partition coefficient (Wildman–Crippen LogP) is 9.90. The second-order valence-corrected chi connectivity index (χ2v) is 14.0. The van der Waals surface area contributed by atoms with E-state index >= 15 is 0 Å². The molecule has 1 fully saturated rings. The van der Waals surface area contributed by atoms with E-state index < -0.39 is 40.5 Å². The molecule has 0 aliphatic heterocycles. The van der Waals surface area contributed by atoms with Gasteiger partial charge in [0.05, 0.1) is 18.6 Å². The van der Waals surface area contributed by atoms with E-state index in [2.05, 4.69) is 37.9 Å². The highest BCUT2D eigenvalue weighted by Gasteiger charge is 2.68. The Bertz CT molecular complexity index is 1780. The standard InChI is InChI=1S/C35H26Br2Cl3NO4/c1-2-45-33(43)34(19-41)28(27-16-15-26(39)17-29(27)40)18-35(44,22-7-11-24(37)12-8-22)31(30(34)20-5-13-25(38)14-6-20)32(42)21-3-9-23(36)10-4-21/h3-17,28,30-31,44H,2,18H2,1H3/t28-,30+,31+,34+,35+/m1/s1. The Hall–Kier alpha value is -2.70. The number of Topliss-reactive ketones (excluding diaryl/α,β-unsaturated/α-hetero) is 1. The number of carbonyl (C=O) groups excluding carboxylic acids is 2. The van der Waals surface area contributed by atoms with Gasteiger partial charge in [0.1, 0.15) is 5.60 Å². The lowest BCUT2D eigenvalue weighted by atomic mass is 9.47. The number of nitriles is 1. The van der Waals surface area contributed by atoms with Crippen LogP contribution in [0, 0.1) is 22.7 Å². The predicted molar refractivity (Wildman–Crippen MR) is 183 cm³/mol. The lowest BCUT2D eigenvalue weighted by Gasteiger charge is -2.54. The normalized spacial score (nSPS) is 24.4. The first-order valence-corrected chi connectivity index (χ1v) is 16.7. The van der Waals surface area contributed by atoms with Crippen molar-refractivity contribution in [3.05, 3.63) is 137 Å². The van der Waals surface area contributed by atoms with Crippen LogP contribution < -0.4 is 0 Å². The molecule has 0 spiro atoms. The molecule has 45 heavy (non-hydrogen) atoms. The number of hydrogen-bond donors (Lipinski definition) is 1. The molecule has 4 aromatic rings. The fourth-order valence-corrected chi connectivity index (χ4v) is 7.72. The highest BCUT2D eigenvalue weighted by molar-refractivity contribution is 9.10. The van der Waals surface area contributed by atoms with Crippen molar-refractivity contribution in [2.75, 3.05) is 6.61 Å². The molecule has 230 valence electrons. The number of carbonyl (C=O) groups is 2. The lowest BCUT2D eigenvalue weighted by molar-refractivity contribution is -0.164. The maximum atomic E-state index is 14.8. The fraction of sp³-hybridized carbons (Fsp3) is 0.229. The van der Waals surface area contributed by atoms with Crippen molar-refractivity contribution >= 4 is 78.4 Å². The molecule has 4 aromatic carbocycles. The molecule has 0 radical (unpaired) electrons. The van der Waals surface area contributed by atoms with E-state index in [0.717, 1.165) is 8.95 Å². The molecule has 5 atom stereocenters. The Morgan fingerprint density at radius 2 is 1.49 bits per heavy atom. The minimum absolute atomic E-state index is 0.0149. The highest BCUT2D eigenvalue weighted by Crippen LogP contribution is 2.64. The number of nitrogens with zero attached hydrogens (tertiary/aromatic N) is 1. The molecular formula is C35H26Br2Cl3NO4. The lowest BCUT2D eigenvalue weighted by Crippen LogP contribution is -2.59. The maximum Gasteiger partial charge on any atom is 0.327 e. The molecule has 0 aromatic heterocycles. The first-order valence-electron chi connectivity index (χ1n) is 14.0. The Morgan fingerprint density at radius 3 is 2.04 bits per heavy atom. The molecule has 0 amide bonds. The zero-order chi connectivity index (χ0) is 32.5. The van der Waals surface area contributed by atoms with Crippen molar-refractivity contribution < 1.29 is 19.4 Å². The summed E-state index contributed by atoms with van der Waals surface area (Å²) < 4.78 is 7.17. The van der Waals surface area contributed by atoms with Gasteiger partial charge < -0.3 is 9.84 Å². The molecule has 10 heteroatoms. The van der Waals surface area contributed by atoms with Gasteiger partial charge in [-0.2, -0.15) is 5.26 Å². The van der Waals surface area contributed by atoms with Gasteiger partial charge in [0.25, 0.3) is 0 Å². The third-order valence-corrected chi connectivity index (χ3v) is 10.4. The monoisotopic (exact) mass is 787 g/mol. The minimum Gasteiger partial charge on any atom is -0.465 e. The second-order valence-electron chi connectivity index (χ2n) is 10.9. The Morgan fingerprint density at radius 1 is 0.911 bits per heavy atom. The molecule has 1 N–H and O–H groups in total. The van der Waals surface area contributed by atoms with Crippen LogP contribution in [0.5, 0.6) is 0 Å². The molecular weight excluding hydrogens is 765 g/mol. The third kappa shape index (κ3) is 6.22. The number of benzene rings is 4. The molecule has 1 aliphatic rings. The van der Waals surface area contributed by atoms with Crippen LogP contribution in [-0.2, 0) is 15.1 Å². The van der Waals surface area contributed by atoms with E-state index in [1.54, 1.807) is 91.9 Å². The van der Waals surface area contributed by atoms with Gasteiger partial charge in [-0.1, -0.05) is 109 Å². The molecule has 0 saturated heterocycles. The minimum atomic E-state index is -2.02. The van der Waals surface area contributed by atoms with Gasteiger partial charge in [-0.3, -0.25) is 9.59 Å². The summed E-state index contributed by atoms with van der Waals surface area (Å²) in [6.45, 7) is 1.63. The van der Waals surface area contributed by atoms with Gasteiger partial charge in [0, 0.05) is 41.4 Å². The van der Waals surface area contributed by atoms with E-state index in [1.807, 2.05) is 0 Å². The quantitative estimate of drug-likeness (QED) is 0.149. The largest absolute Gasteiger partial charge is 0.465 e. The van der Waals surface area contributed by atoms with Gasteiger partial charge in [-0.25, -0.2) is 0 Å². The topological polar surface area (TPSA) is 87.4 Å². The van der Waals surface area contributed by atoms with Crippen LogP contribution in [0.4, 0.5) is 0 Å². The number of hydrogen-bond acceptors (Lipinski definition) is 5. The third-order valence-electron chi connectivity index (χ3n) is 8.52. The number of ketones is 1. The zero-order valence-corrected chi connectivity index (χ0v) is 29.3. The van der Waals surface area contributed by atoms with Gasteiger partial charge in [-0.15, -0.1) is 0 Å². The summed E-state index contributed by atoms with van der Waals surface area (Å²) in [7, 11) is 0. The summed E-state index contributed by atoms with van der Waals surface area (Å²) in [5.41, 5.74) is -2.30. The van der Waals surface area contributed by atoms with Gasteiger partial charge in [-0.05, 0) is 78.6 Å². The van der Waals surface area contributed by atoms with Gasteiger partial charge in [0.2, 0.25) is 0 Å². The SMILES string of the molecule is CCOC(=O)[C@@]1(C#N)[C@@H](c2ccc(Cl)cc2Cl)C[C@](O)(c2ccc(Br)cc2)[C@H](C(=O)c2ccc(Br)cc2)[C@@H]1c1ccc(Cl)cc1. The number of aliphatic hydroxyl groups is 1. The second kappa shape index (κ2) is 13.6. The van der Waals surface area contributed by atoms with Gasteiger partial charge in [0.15, 0.2) is 11.2 Å². The van der Waals surface area contributed by atoms with E-state index in [0.29, 0.717) is 32.3 Å². The van der Waals surface area contributed by atoms with Crippen molar-refractivity contribution in [2.24, 2.45) is 11.3 Å². The van der Waals surface area contributed by atoms with E-state index in [4.69, 9.17) is 39.5 Å². The Balaban J connectivity index is 1.91. The first-order chi connectivity index (χ1) is 21.5. The van der Waals surface area contributed by atoms with E-state index in [9.17, 15) is 20.0 Å². The summed E-state index contributed by atoms with van der Waals surface area (Å²) in [5, 5.41) is 25.3. The molecule has 0 heterocycles. The molecule has 5 nitrogen and oxygen atoms in total. The summed E-state index contributed by atoms with van der Waals surface area (Å²) >= 11 is 26.2. The van der Waals surface area contributed by atoms with Crippen LogP contribution in [0.1, 0.15) is 52.2 Å².